The largest absolute Gasteiger partial charge is 0.392 e. The van der Waals surface area contributed by atoms with Gasteiger partial charge in [0.2, 0.25) is 5.89 Å². The van der Waals surface area contributed by atoms with Gasteiger partial charge in [0.25, 0.3) is 0 Å². The number of aliphatic hydroxyl groups is 1. The molecular formula is C17H28N4O2. The summed E-state index contributed by atoms with van der Waals surface area (Å²) in [7, 11) is 0. The van der Waals surface area contributed by atoms with Crippen molar-refractivity contribution in [3.63, 3.8) is 0 Å². The highest BCUT2D eigenvalue weighted by Crippen LogP contribution is 2.31. The summed E-state index contributed by atoms with van der Waals surface area (Å²) in [4.78, 5) is 9.45. The molecule has 1 unspecified atom stereocenters. The van der Waals surface area contributed by atoms with Crippen molar-refractivity contribution in [2.24, 2.45) is 5.92 Å². The molecule has 3 fully saturated rings. The summed E-state index contributed by atoms with van der Waals surface area (Å²) in [5.41, 5.74) is 0. The van der Waals surface area contributed by atoms with Crippen molar-refractivity contribution < 1.29 is 9.63 Å². The molecule has 6 nitrogen and oxygen atoms in total. The van der Waals surface area contributed by atoms with Crippen LogP contribution in [0.15, 0.2) is 4.52 Å². The third-order valence-electron chi connectivity index (χ3n) is 5.54. The highest BCUT2D eigenvalue weighted by molar-refractivity contribution is 4.93. The van der Waals surface area contributed by atoms with Gasteiger partial charge in [0, 0.05) is 32.1 Å². The highest BCUT2D eigenvalue weighted by atomic mass is 16.5. The SMILES string of the molecule is OC1CCCN(C2CCN(Cc3nc(CC4CC4)no3)CC2)C1. The fourth-order valence-corrected chi connectivity index (χ4v) is 3.97. The van der Waals surface area contributed by atoms with Crippen LogP contribution in [0, 0.1) is 5.92 Å². The van der Waals surface area contributed by atoms with Crippen LogP contribution in [0.4, 0.5) is 0 Å². The molecule has 6 heteroatoms. The topological polar surface area (TPSA) is 65.6 Å². The van der Waals surface area contributed by atoms with E-state index >= 15 is 0 Å². The van der Waals surface area contributed by atoms with E-state index in [1.54, 1.807) is 0 Å². The van der Waals surface area contributed by atoms with Crippen LogP contribution in [0.2, 0.25) is 0 Å². The number of piperidine rings is 2. The Morgan fingerprint density at radius 1 is 1.09 bits per heavy atom. The van der Waals surface area contributed by atoms with Crippen molar-refractivity contribution >= 4 is 0 Å². The molecule has 0 amide bonds. The number of β-amino-alcohol motifs (C(OH)–C–C–N with tert-alkyl or cyclic N) is 1. The Kier molecular flexibility index (Phi) is 4.64. The number of rotatable bonds is 5. The zero-order valence-electron chi connectivity index (χ0n) is 13.9. The molecule has 1 N–H and O–H groups in total. The van der Waals surface area contributed by atoms with Gasteiger partial charge in [-0.1, -0.05) is 5.16 Å². The van der Waals surface area contributed by atoms with Gasteiger partial charge < -0.3 is 9.63 Å². The van der Waals surface area contributed by atoms with Crippen LogP contribution < -0.4 is 0 Å². The molecule has 128 valence electrons. The lowest BCUT2D eigenvalue weighted by Crippen LogP contribution is -2.49. The molecule has 23 heavy (non-hydrogen) atoms. The summed E-state index contributed by atoms with van der Waals surface area (Å²) >= 11 is 0. The molecule has 3 heterocycles. The molecule has 2 saturated heterocycles. The van der Waals surface area contributed by atoms with Crippen LogP contribution in [0.5, 0.6) is 0 Å². The quantitative estimate of drug-likeness (QED) is 0.886. The van der Waals surface area contributed by atoms with E-state index in [1.165, 1.54) is 25.7 Å². The monoisotopic (exact) mass is 320 g/mol. The molecule has 1 aromatic heterocycles. The summed E-state index contributed by atoms with van der Waals surface area (Å²) in [5.74, 6) is 2.46. The Labute approximate surface area is 137 Å². The van der Waals surface area contributed by atoms with Crippen molar-refractivity contribution in [1.29, 1.82) is 0 Å². The van der Waals surface area contributed by atoms with Crippen LogP contribution in [-0.2, 0) is 13.0 Å². The highest BCUT2D eigenvalue weighted by Gasteiger charge is 2.29. The molecule has 1 aromatic rings. The first kappa shape index (κ1) is 15.5. The average Bonchev–Trinajstić information content (AvgIpc) is 3.26. The lowest BCUT2D eigenvalue weighted by Gasteiger charge is -2.41. The summed E-state index contributed by atoms with van der Waals surface area (Å²) in [6, 6.07) is 0.634. The molecule has 1 aliphatic carbocycles. The standard InChI is InChI=1S/C17H28N4O2/c22-15-2-1-7-21(11-15)14-5-8-20(9-6-14)12-17-18-16(19-23-17)10-13-3-4-13/h13-15,22H,1-12H2. The lowest BCUT2D eigenvalue weighted by molar-refractivity contribution is 0.0231. The molecule has 1 atom stereocenters. The second kappa shape index (κ2) is 6.87. The molecule has 3 aliphatic rings. The number of hydrogen-bond acceptors (Lipinski definition) is 6. The zero-order chi connectivity index (χ0) is 15.6. The first-order valence-corrected chi connectivity index (χ1v) is 9.22. The van der Waals surface area contributed by atoms with Crippen LogP contribution in [0.25, 0.3) is 0 Å². The maximum atomic E-state index is 9.85. The molecule has 0 spiro atoms. The predicted molar refractivity (Wildman–Crippen MR) is 85.8 cm³/mol. The van der Waals surface area contributed by atoms with E-state index in [0.29, 0.717) is 6.04 Å². The van der Waals surface area contributed by atoms with E-state index in [1.807, 2.05) is 0 Å². The molecule has 1 saturated carbocycles. The summed E-state index contributed by atoms with van der Waals surface area (Å²) in [5, 5.41) is 14.0. The normalized spacial score (nSPS) is 28.3. The molecule has 4 rings (SSSR count). The minimum atomic E-state index is -0.120. The summed E-state index contributed by atoms with van der Waals surface area (Å²) < 4.78 is 5.41. The average molecular weight is 320 g/mol. The van der Waals surface area contributed by atoms with Crippen molar-refractivity contribution in [3.8, 4) is 0 Å². The van der Waals surface area contributed by atoms with Crippen LogP contribution in [-0.4, -0.2) is 63.4 Å². The Morgan fingerprint density at radius 2 is 1.91 bits per heavy atom. The lowest BCUT2D eigenvalue weighted by atomic mass is 9.99. The fraction of sp³-hybridized carbons (Fsp3) is 0.882. The number of nitrogens with zero attached hydrogens (tertiary/aromatic N) is 4. The Hall–Kier alpha value is -0.980. The van der Waals surface area contributed by atoms with E-state index in [2.05, 4.69) is 19.9 Å². The van der Waals surface area contributed by atoms with Crippen molar-refractivity contribution in [1.82, 2.24) is 19.9 Å². The fourth-order valence-electron chi connectivity index (χ4n) is 3.97. The first-order valence-electron chi connectivity index (χ1n) is 9.22. The molecule has 0 bridgehead atoms. The maximum absolute atomic E-state index is 9.85. The Morgan fingerprint density at radius 3 is 2.65 bits per heavy atom. The van der Waals surface area contributed by atoms with E-state index in [-0.39, 0.29) is 6.10 Å². The van der Waals surface area contributed by atoms with Crippen molar-refractivity contribution in [3.05, 3.63) is 11.7 Å². The van der Waals surface area contributed by atoms with E-state index in [0.717, 1.165) is 69.6 Å². The number of aromatic nitrogens is 2. The van der Waals surface area contributed by atoms with Gasteiger partial charge in [0.15, 0.2) is 5.82 Å². The van der Waals surface area contributed by atoms with E-state index in [9.17, 15) is 5.11 Å². The third kappa shape index (κ3) is 4.11. The number of hydrogen-bond donors (Lipinski definition) is 1. The van der Waals surface area contributed by atoms with Gasteiger partial charge in [0.1, 0.15) is 0 Å². The van der Waals surface area contributed by atoms with Crippen LogP contribution >= 0.6 is 0 Å². The molecular weight excluding hydrogens is 292 g/mol. The Balaban J connectivity index is 1.23. The molecule has 0 aromatic carbocycles. The number of aliphatic hydroxyl groups excluding tert-OH is 1. The molecule has 2 aliphatic heterocycles. The van der Waals surface area contributed by atoms with E-state index in [4.69, 9.17) is 4.52 Å². The third-order valence-corrected chi connectivity index (χ3v) is 5.54. The second-order valence-corrected chi connectivity index (χ2v) is 7.55. The smallest absolute Gasteiger partial charge is 0.240 e. The summed E-state index contributed by atoms with van der Waals surface area (Å²) in [6.07, 6.45) is 7.97. The van der Waals surface area contributed by atoms with Crippen LogP contribution in [0.3, 0.4) is 0 Å². The number of likely N-dealkylation sites (tertiary alicyclic amines) is 2. The predicted octanol–water partition coefficient (Wildman–Crippen LogP) is 1.44. The van der Waals surface area contributed by atoms with Gasteiger partial charge in [-0.2, -0.15) is 4.98 Å². The van der Waals surface area contributed by atoms with Crippen molar-refractivity contribution in [2.45, 2.75) is 63.6 Å². The maximum Gasteiger partial charge on any atom is 0.240 e. The minimum Gasteiger partial charge on any atom is -0.392 e. The van der Waals surface area contributed by atoms with Crippen molar-refractivity contribution in [2.75, 3.05) is 26.2 Å². The van der Waals surface area contributed by atoms with Gasteiger partial charge in [-0.3, -0.25) is 9.80 Å². The molecule has 0 radical (unpaired) electrons. The van der Waals surface area contributed by atoms with Gasteiger partial charge >= 0.3 is 0 Å². The second-order valence-electron chi connectivity index (χ2n) is 7.55. The van der Waals surface area contributed by atoms with Gasteiger partial charge in [-0.05, 0) is 51.0 Å². The first-order chi connectivity index (χ1) is 11.3. The van der Waals surface area contributed by atoms with Crippen LogP contribution in [0.1, 0.15) is 50.2 Å². The van der Waals surface area contributed by atoms with Gasteiger partial charge in [-0.25, -0.2) is 0 Å². The minimum absolute atomic E-state index is 0.120. The zero-order valence-corrected chi connectivity index (χ0v) is 13.9. The van der Waals surface area contributed by atoms with Gasteiger partial charge in [0.05, 0.1) is 12.6 Å². The van der Waals surface area contributed by atoms with E-state index < -0.39 is 0 Å². The summed E-state index contributed by atoms with van der Waals surface area (Å²) in [6.45, 7) is 4.96. The van der Waals surface area contributed by atoms with Gasteiger partial charge in [-0.15, -0.1) is 0 Å². The Bertz CT molecular complexity index is 508.